The van der Waals surface area contributed by atoms with Crippen molar-refractivity contribution >= 4 is 11.5 Å². The fourth-order valence-electron chi connectivity index (χ4n) is 3.17. The van der Waals surface area contributed by atoms with Gasteiger partial charge in [0, 0.05) is 6.42 Å². The van der Waals surface area contributed by atoms with E-state index in [2.05, 4.69) is 32.5 Å². The number of aliphatic imine (C=N–C) groups is 1. The Bertz CT molecular complexity index is 1080. The summed E-state index contributed by atoms with van der Waals surface area (Å²) in [5.74, 6) is 0.797. The van der Waals surface area contributed by atoms with Crippen LogP contribution in [-0.2, 0) is 12.8 Å². The lowest BCUT2D eigenvalue weighted by Gasteiger charge is -2.06. The van der Waals surface area contributed by atoms with Crippen LogP contribution in [0.5, 0.6) is 0 Å². The normalized spacial score (nSPS) is 12.8. The molecule has 0 saturated heterocycles. The number of para-hydroxylation sites is 2. The van der Waals surface area contributed by atoms with E-state index in [0.29, 0.717) is 6.42 Å². The molecule has 5 rings (SSSR count). The Morgan fingerprint density at radius 3 is 2.65 bits per heavy atom. The summed E-state index contributed by atoms with van der Waals surface area (Å²) >= 11 is 0. The van der Waals surface area contributed by atoms with Gasteiger partial charge in [0.15, 0.2) is 0 Å². The SMILES string of the molecule is c1ccc(Cc2nnn3c2CC(n2cncn2)=Nc2ccccc2-3)cc1. The molecular weight excluding hydrogens is 326 g/mol. The Labute approximate surface area is 149 Å². The molecule has 0 unspecified atom stereocenters. The quantitative estimate of drug-likeness (QED) is 0.562. The van der Waals surface area contributed by atoms with Gasteiger partial charge in [-0.2, -0.15) is 5.10 Å². The van der Waals surface area contributed by atoms with Crippen LogP contribution in [0.4, 0.5) is 5.69 Å². The van der Waals surface area contributed by atoms with E-state index in [1.165, 1.54) is 11.9 Å². The largest absolute Gasteiger partial charge is 0.231 e. The van der Waals surface area contributed by atoms with E-state index in [0.717, 1.165) is 35.0 Å². The Kier molecular flexibility index (Phi) is 3.41. The topological polar surface area (TPSA) is 73.8 Å². The number of rotatable bonds is 2. The zero-order chi connectivity index (χ0) is 17.3. The van der Waals surface area contributed by atoms with Gasteiger partial charge in [-0.15, -0.1) is 5.10 Å². The van der Waals surface area contributed by atoms with E-state index in [1.54, 1.807) is 11.0 Å². The molecule has 1 aliphatic heterocycles. The maximum absolute atomic E-state index is 4.81. The summed E-state index contributed by atoms with van der Waals surface area (Å²) in [4.78, 5) is 8.86. The highest BCUT2D eigenvalue weighted by molar-refractivity contribution is 5.90. The number of hydrogen-bond donors (Lipinski definition) is 0. The van der Waals surface area contributed by atoms with Crippen LogP contribution in [0, 0.1) is 0 Å². The van der Waals surface area contributed by atoms with E-state index in [1.807, 2.05) is 47.1 Å². The molecule has 0 aliphatic carbocycles. The predicted octanol–water partition coefficient (Wildman–Crippen LogP) is 2.58. The van der Waals surface area contributed by atoms with Crippen LogP contribution >= 0.6 is 0 Å². The van der Waals surface area contributed by atoms with Crippen molar-refractivity contribution < 1.29 is 0 Å². The molecule has 0 fully saturated rings. The second-order valence-electron chi connectivity index (χ2n) is 6.09. The van der Waals surface area contributed by atoms with Crippen molar-refractivity contribution in [2.75, 3.05) is 0 Å². The van der Waals surface area contributed by atoms with Crippen LogP contribution in [0.2, 0.25) is 0 Å². The summed E-state index contributed by atoms with van der Waals surface area (Å²) in [6, 6.07) is 18.2. The second-order valence-corrected chi connectivity index (χ2v) is 6.09. The molecule has 7 nitrogen and oxygen atoms in total. The molecule has 1 aliphatic rings. The predicted molar refractivity (Wildman–Crippen MR) is 96.8 cm³/mol. The van der Waals surface area contributed by atoms with Gasteiger partial charge in [-0.05, 0) is 17.7 Å². The smallest absolute Gasteiger partial charge is 0.138 e. The van der Waals surface area contributed by atoms with Crippen molar-refractivity contribution in [3.05, 3.63) is 84.2 Å². The maximum atomic E-state index is 4.81. The third-order valence-electron chi connectivity index (χ3n) is 4.43. The lowest BCUT2D eigenvalue weighted by Crippen LogP contribution is -2.17. The summed E-state index contributed by atoms with van der Waals surface area (Å²) in [7, 11) is 0. The number of benzene rings is 2. The van der Waals surface area contributed by atoms with Crippen molar-refractivity contribution in [2.45, 2.75) is 12.8 Å². The first-order valence-electron chi connectivity index (χ1n) is 8.38. The molecule has 2 aromatic carbocycles. The molecule has 0 spiro atoms. The lowest BCUT2D eigenvalue weighted by atomic mass is 10.1. The Hall–Kier alpha value is -3.61. The van der Waals surface area contributed by atoms with E-state index in [-0.39, 0.29) is 0 Å². The van der Waals surface area contributed by atoms with Crippen molar-refractivity contribution in [2.24, 2.45) is 4.99 Å². The van der Waals surface area contributed by atoms with E-state index in [4.69, 9.17) is 4.99 Å². The van der Waals surface area contributed by atoms with Crippen LogP contribution in [0.25, 0.3) is 5.69 Å². The average Bonchev–Trinajstić information content (AvgIpc) is 3.31. The Balaban J connectivity index is 1.65. The van der Waals surface area contributed by atoms with E-state index < -0.39 is 0 Å². The average molecular weight is 341 g/mol. The highest BCUT2D eigenvalue weighted by Gasteiger charge is 2.22. The minimum atomic E-state index is 0.577. The number of nitrogens with zero attached hydrogens (tertiary/aromatic N) is 7. The van der Waals surface area contributed by atoms with Gasteiger partial charge in [0.2, 0.25) is 0 Å². The third kappa shape index (κ3) is 2.50. The van der Waals surface area contributed by atoms with Crippen LogP contribution in [-0.4, -0.2) is 35.6 Å². The van der Waals surface area contributed by atoms with Gasteiger partial charge >= 0.3 is 0 Å². The van der Waals surface area contributed by atoms with Gasteiger partial charge in [0.25, 0.3) is 0 Å². The van der Waals surface area contributed by atoms with Crippen LogP contribution < -0.4 is 0 Å². The molecule has 26 heavy (non-hydrogen) atoms. The van der Waals surface area contributed by atoms with Gasteiger partial charge in [-0.3, -0.25) is 0 Å². The molecule has 3 heterocycles. The van der Waals surface area contributed by atoms with Crippen molar-refractivity contribution in [3.63, 3.8) is 0 Å². The first-order chi connectivity index (χ1) is 12.9. The van der Waals surface area contributed by atoms with Crippen molar-refractivity contribution in [1.29, 1.82) is 0 Å². The molecule has 4 aromatic rings. The number of aromatic nitrogens is 6. The molecule has 7 heteroatoms. The van der Waals surface area contributed by atoms with Gasteiger partial charge in [-0.25, -0.2) is 19.3 Å². The summed E-state index contributed by atoms with van der Waals surface area (Å²) in [5, 5.41) is 13.1. The lowest BCUT2D eigenvalue weighted by molar-refractivity contribution is 0.779. The second kappa shape index (κ2) is 6.03. The van der Waals surface area contributed by atoms with E-state index >= 15 is 0 Å². The summed E-state index contributed by atoms with van der Waals surface area (Å²) in [5.41, 5.74) is 4.93. The number of fused-ring (bicyclic) bond motifs is 3. The van der Waals surface area contributed by atoms with Crippen LogP contribution in [0.1, 0.15) is 17.0 Å². The van der Waals surface area contributed by atoms with Crippen molar-refractivity contribution in [3.8, 4) is 5.69 Å². The molecule has 0 N–H and O–H groups in total. The zero-order valence-corrected chi connectivity index (χ0v) is 13.9. The molecule has 126 valence electrons. The molecule has 0 saturated carbocycles. The Morgan fingerprint density at radius 2 is 1.81 bits per heavy atom. The standard InChI is InChI=1S/C19H15N7/c1-2-6-14(7-3-1)10-16-18-11-19(25-13-20-12-21-25)22-15-8-4-5-9-17(15)26(18)24-23-16/h1-9,12-13H,10-11H2. The minimum Gasteiger partial charge on any atom is -0.231 e. The highest BCUT2D eigenvalue weighted by Crippen LogP contribution is 2.29. The fourth-order valence-corrected chi connectivity index (χ4v) is 3.17. The van der Waals surface area contributed by atoms with Gasteiger partial charge in [0.1, 0.15) is 18.5 Å². The van der Waals surface area contributed by atoms with Crippen LogP contribution in [0.15, 0.2) is 72.2 Å². The van der Waals surface area contributed by atoms with Crippen LogP contribution in [0.3, 0.4) is 0 Å². The maximum Gasteiger partial charge on any atom is 0.138 e. The molecule has 0 radical (unpaired) electrons. The molecule has 0 bridgehead atoms. The Morgan fingerprint density at radius 1 is 0.962 bits per heavy atom. The number of hydrogen-bond acceptors (Lipinski definition) is 5. The van der Waals surface area contributed by atoms with Gasteiger partial charge in [-0.1, -0.05) is 47.7 Å². The van der Waals surface area contributed by atoms with Gasteiger partial charge in [0.05, 0.1) is 29.2 Å². The highest BCUT2D eigenvalue weighted by atomic mass is 15.4. The zero-order valence-electron chi connectivity index (χ0n) is 13.9. The summed E-state index contributed by atoms with van der Waals surface area (Å²) in [6.07, 6.45) is 4.48. The molecule has 2 aromatic heterocycles. The summed E-state index contributed by atoms with van der Waals surface area (Å²) in [6.45, 7) is 0. The fraction of sp³-hybridized carbons (Fsp3) is 0.105. The van der Waals surface area contributed by atoms with Crippen molar-refractivity contribution in [1.82, 2.24) is 29.8 Å². The third-order valence-corrected chi connectivity index (χ3v) is 4.43. The first-order valence-corrected chi connectivity index (χ1v) is 8.38. The minimum absolute atomic E-state index is 0.577. The van der Waals surface area contributed by atoms with Gasteiger partial charge < -0.3 is 0 Å². The van der Waals surface area contributed by atoms with E-state index in [9.17, 15) is 0 Å². The molecule has 0 amide bonds. The first kappa shape index (κ1) is 14.7. The monoisotopic (exact) mass is 341 g/mol. The summed E-state index contributed by atoms with van der Waals surface area (Å²) < 4.78 is 3.59. The molecular formula is C19H15N7. The molecule has 0 atom stereocenters.